The molecule has 0 aromatic heterocycles. The van der Waals surface area contributed by atoms with Gasteiger partial charge < -0.3 is 19.3 Å². The molecule has 21 heavy (non-hydrogen) atoms. The van der Waals surface area contributed by atoms with Crippen molar-refractivity contribution in [3.05, 3.63) is 23.8 Å². The molecule has 5 heteroatoms. The summed E-state index contributed by atoms with van der Waals surface area (Å²) in [5.74, 6) is 1.23. The van der Waals surface area contributed by atoms with Gasteiger partial charge >= 0.3 is 0 Å². The van der Waals surface area contributed by atoms with E-state index in [-0.39, 0.29) is 11.7 Å². The minimum atomic E-state index is -0.0997. The van der Waals surface area contributed by atoms with Crippen molar-refractivity contribution in [3.63, 3.8) is 0 Å². The van der Waals surface area contributed by atoms with Gasteiger partial charge in [0.25, 0.3) is 0 Å². The van der Waals surface area contributed by atoms with Gasteiger partial charge in [-0.3, -0.25) is 4.79 Å². The Morgan fingerprint density at radius 1 is 1.05 bits per heavy atom. The van der Waals surface area contributed by atoms with Crippen molar-refractivity contribution in [2.24, 2.45) is 5.92 Å². The molecule has 0 aliphatic rings. The summed E-state index contributed by atoms with van der Waals surface area (Å²) >= 11 is 0. The summed E-state index contributed by atoms with van der Waals surface area (Å²) in [5.41, 5.74) is 0.604. The molecule has 0 aliphatic heterocycles. The number of Topliss-reactive ketones (excluding diaryl/α,β-unsaturated/α-hetero) is 1. The first kappa shape index (κ1) is 17.5. The third-order valence-electron chi connectivity index (χ3n) is 3.22. The molecule has 0 amide bonds. The zero-order valence-corrected chi connectivity index (χ0v) is 13.8. The Bertz CT molecular complexity index is 463. The minimum absolute atomic E-state index is 0.0944. The third-order valence-corrected chi connectivity index (χ3v) is 3.22. The first-order chi connectivity index (χ1) is 9.88. The zero-order valence-electron chi connectivity index (χ0n) is 13.8. The van der Waals surface area contributed by atoms with Gasteiger partial charge in [0.05, 0.1) is 19.8 Å². The van der Waals surface area contributed by atoms with E-state index in [1.807, 2.05) is 38.0 Å². The molecule has 1 aromatic rings. The quantitative estimate of drug-likeness (QED) is 0.682. The lowest BCUT2D eigenvalue weighted by Gasteiger charge is -2.24. The van der Waals surface area contributed by atoms with Crippen LogP contribution in [0.5, 0.6) is 11.5 Å². The van der Waals surface area contributed by atoms with Gasteiger partial charge in [0.1, 0.15) is 11.5 Å². The highest BCUT2D eigenvalue weighted by Crippen LogP contribution is 2.27. The van der Waals surface area contributed by atoms with Crippen LogP contribution in [0.4, 0.5) is 0 Å². The average molecular weight is 294 g/mol. The number of ether oxygens (including phenoxy) is 2. The molecular formula is C16H26N2O3. The van der Waals surface area contributed by atoms with Crippen LogP contribution < -0.4 is 9.47 Å². The normalized spacial score (nSPS) is 11.3. The van der Waals surface area contributed by atoms with Crippen LogP contribution in [-0.4, -0.2) is 71.1 Å². The predicted molar refractivity (Wildman–Crippen MR) is 84.5 cm³/mol. The van der Waals surface area contributed by atoms with Crippen molar-refractivity contribution in [2.75, 3.05) is 55.5 Å². The van der Waals surface area contributed by atoms with Crippen LogP contribution in [0.25, 0.3) is 0 Å². The van der Waals surface area contributed by atoms with Crippen LogP contribution in [0.2, 0.25) is 0 Å². The Balaban J connectivity index is 3.07. The van der Waals surface area contributed by atoms with Gasteiger partial charge in [-0.25, -0.2) is 0 Å². The van der Waals surface area contributed by atoms with Crippen molar-refractivity contribution < 1.29 is 14.3 Å². The fraction of sp³-hybridized carbons (Fsp3) is 0.562. The summed E-state index contributed by atoms with van der Waals surface area (Å²) in [5, 5.41) is 0. The monoisotopic (exact) mass is 294 g/mol. The van der Waals surface area contributed by atoms with Crippen molar-refractivity contribution in [1.82, 2.24) is 9.80 Å². The second-order valence-electron chi connectivity index (χ2n) is 5.65. The second kappa shape index (κ2) is 8.00. The molecule has 0 radical (unpaired) electrons. The highest BCUT2D eigenvalue weighted by Gasteiger charge is 2.24. The molecule has 0 saturated carbocycles. The van der Waals surface area contributed by atoms with E-state index in [2.05, 4.69) is 0 Å². The second-order valence-corrected chi connectivity index (χ2v) is 5.65. The summed E-state index contributed by atoms with van der Waals surface area (Å²) in [4.78, 5) is 16.9. The largest absolute Gasteiger partial charge is 0.497 e. The van der Waals surface area contributed by atoms with Gasteiger partial charge in [-0.15, -0.1) is 0 Å². The van der Waals surface area contributed by atoms with Crippen LogP contribution in [-0.2, 0) is 0 Å². The Morgan fingerprint density at radius 3 is 2.05 bits per heavy atom. The number of methoxy groups -OCH3 is 2. The van der Waals surface area contributed by atoms with E-state index in [1.165, 1.54) is 0 Å². The van der Waals surface area contributed by atoms with E-state index in [4.69, 9.17) is 9.47 Å². The first-order valence-electron chi connectivity index (χ1n) is 6.94. The minimum Gasteiger partial charge on any atom is -0.497 e. The molecule has 0 bridgehead atoms. The maximum Gasteiger partial charge on any atom is 0.172 e. The maximum absolute atomic E-state index is 12.8. The molecule has 5 nitrogen and oxygen atoms in total. The van der Waals surface area contributed by atoms with Crippen molar-refractivity contribution in [2.45, 2.75) is 0 Å². The fourth-order valence-corrected chi connectivity index (χ4v) is 2.33. The molecule has 0 spiro atoms. The van der Waals surface area contributed by atoms with Crippen molar-refractivity contribution in [3.8, 4) is 11.5 Å². The SMILES string of the molecule is COc1ccc(C(=O)C(CN(C)C)CN(C)C)c(OC)c1. The number of rotatable bonds is 8. The Morgan fingerprint density at radius 2 is 1.62 bits per heavy atom. The number of carbonyl (C=O) groups excluding carboxylic acids is 1. The predicted octanol–water partition coefficient (Wildman–Crippen LogP) is 1.63. The van der Waals surface area contributed by atoms with Gasteiger partial charge in [-0.2, -0.15) is 0 Å². The van der Waals surface area contributed by atoms with E-state index < -0.39 is 0 Å². The third kappa shape index (κ3) is 5.02. The molecule has 0 unspecified atom stereocenters. The van der Waals surface area contributed by atoms with Crippen LogP contribution >= 0.6 is 0 Å². The summed E-state index contributed by atoms with van der Waals surface area (Å²) in [6, 6.07) is 5.31. The molecule has 0 fully saturated rings. The molecule has 0 aliphatic carbocycles. The highest BCUT2D eigenvalue weighted by molar-refractivity contribution is 6.00. The molecular weight excluding hydrogens is 268 g/mol. The zero-order chi connectivity index (χ0) is 16.0. The molecule has 0 saturated heterocycles. The van der Waals surface area contributed by atoms with Gasteiger partial charge in [-0.05, 0) is 40.3 Å². The Kier molecular flexibility index (Phi) is 6.65. The van der Waals surface area contributed by atoms with Crippen LogP contribution in [0, 0.1) is 5.92 Å². The van der Waals surface area contributed by atoms with Crippen LogP contribution in [0.3, 0.4) is 0 Å². The number of ketones is 1. The molecule has 1 aromatic carbocycles. The fourth-order valence-electron chi connectivity index (χ4n) is 2.33. The smallest absolute Gasteiger partial charge is 0.172 e. The van der Waals surface area contributed by atoms with E-state index in [0.717, 1.165) is 0 Å². The van der Waals surface area contributed by atoms with Crippen LogP contribution in [0.1, 0.15) is 10.4 Å². The highest BCUT2D eigenvalue weighted by atomic mass is 16.5. The summed E-state index contributed by atoms with van der Waals surface area (Å²) in [6.07, 6.45) is 0. The first-order valence-corrected chi connectivity index (χ1v) is 6.94. The molecule has 0 atom stereocenters. The standard InChI is InChI=1S/C16H26N2O3/c1-17(2)10-12(11-18(3)4)16(19)14-8-7-13(20-5)9-15(14)21-6/h7-9,12H,10-11H2,1-6H3. The molecule has 1 rings (SSSR count). The van der Waals surface area contributed by atoms with E-state index in [1.54, 1.807) is 32.4 Å². The Labute approximate surface area is 127 Å². The van der Waals surface area contributed by atoms with Crippen molar-refractivity contribution in [1.29, 1.82) is 0 Å². The maximum atomic E-state index is 12.8. The molecule has 0 N–H and O–H groups in total. The molecule has 118 valence electrons. The van der Waals surface area contributed by atoms with Gasteiger partial charge in [0.15, 0.2) is 5.78 Å². The number of benzene rings is 1. The van der Waals surface area contributed by atoms with Crippen LogP contribution in [0.15, 0.2) is 18.2 Å². The van der Waals surface area contributed by atoms with E-state index in [0.29, 0.717) is 30.2 Å². The van der Waals surface area contributed by atoms with E-state index >= 15 is 0 Å². The number of carbonyl (C=O) groups is 1. The number of hydrogen-bond donors (Lipinski definition) is 0. The van der Waals surface area contributed by atoms with Crippen molar-refractivity contribution >= 4 is 5.78 Å². The number of hydrogen-bond acceptors (Lipinski definition) is 5. The lowest BCUT2D eigenvalue weighted by molar-refractivity contribution is 0.0867. The van der Waals surface area contributed by atoms with Gasteiger partial charge in [0, 0.05) is 25.1 Å². The summed E-state index contributed by atoms with van der Waals surface area (Å²) < 4.78 is 10.5. The number of nitrogens with zero attached hydrogens (tertiary/aromatic N) is 2. The van der Waals surface area contributed by atoms with Gasteiger partial charge in [-0.1, -0.05) is 0 Å². The summed E-state index contributed by atoms with van der Waals surface area (Å²) in [7, 11) is 11.1. The van der Waals surface area contributed by atoms with E-state index in [9.17, 15) is 4.79 Å². The lowest BCUT2D eigenvalue weighted by Crippen LogP contribution is -2.35. The summed E-state index contributed by atoms with van der Waals surface area (Å²) in [6.45, 7) is 1.40. The molecule has 0 heterocycles. The topological polar surface area (TPSA) is 42.0 Å². The average Bonchev–Trinajstić information content (AvgIpc) is 2.44. The lowest BCUT2D eigenvalue weighted by atomic mass is 9.95. The Hall–Kier alpha value is -1.59. The van der Waals surface area contributed by atoms with Gasteiger partial charge in [0.2, 0.25) is 0 Å².